The molecule has 0 aromatic heterocycles. The Morgan fingerprint density at radius 3 is 2.58 bits per heavy atom. The third-order valence-electron chi connectivity index (χ3n) is 2.87. The van der Waals surface area contributed by atoms with Gasteiger partial charge in [-0.3, -0.25) is 4.79 Å². The fourth-order valence-corrected chi connectivity index (χ4v) is 2.25. The van der Waals surface area contributed by atoms with Crippen LogP contribution in [0.5, 0.6) is 5.75 Å². The van der Waals surface area contributed by atoms with E-state index >= 15 is 0 Å². The van der Waals surface area contributed by atoms with Crippen LogP contribution in [-0.2, 0) is 6.18 Å². The molecule has 0 aliphatic carbocycles. The molecular weight excluding hydrogens is 368 g/mol. The average molecular weight is 377 g/mol. The molecule has 0 spiro atoms. The first kappa shape index (κ1) is 18.1. The molecular formula is C15H9Cl2F3N2O2. The quantitative estimate of drug-likeness (QED) is 0.612. The van der Waals surface area contributed by atoms with Crippen LogP contribution >= 0.6 is 23.2 Å². The number of halogens is 5. The summed E-state index contributed by atoms with van der Waals surface area (Å²) in [6, 6.07) is 6.83. The van der Waals surface area contributed by atoms with Gasteiger partial charge in [0.05, 0.1) is 22.4 Å². The van der Waals surface area contributed by atoms with E-state index in [-0.39, 0.29) is 21.2 Å². The summed E-state index contributed by atoms with van der Waals surface area (Å²) in [5.74, 6) is -1.30. The highest BCUT2D eigenvalue weighted by molar-refractivity contribution is 6.36. The first-order valence-electron chi connectivity index (χ1n) is 6.37. The predicted molar refractivity (Wildman–Crippen MR) is 84.6 cm³/mol. The summed E-state index contributed by atoms with van der Waals surface area (Å²) in [6.07, 6.45) is -3.44. The summed E-state index contributed by atoms with van der Waals surface area (Å²) in [5, 5.41) is 13.3. The van der Waals surface area contributed by atoms with Crippen LogP contribution < -0.4 is 5.43 Å². The van der Waals surface area contributed by atoms with E-state index in [0.29, 0.717) is 0 Å². The second-order valence-corrected chi connectivity index (χ2v) is 5.45. The molecule has 2 aromatic rings. The lowest BCUT2D eigenvalue weighted by Gasteiger charge is -2.07. The minimum Gasteiger partial charge on any atom is -0.506 e. The zero-order chi connectivity index (χ0) is 17.9. The highest BCUT2D eigenvalue weighted by Crippen LogP contribution is 2.31. The second-order valence-electron chi connectivity index (χ2n) is 4.61. The van der Waals surface area contributed by atoms with Gasteiger partial charge >= 0.3 is 6.18 Å². The molecule has 0 atom stereocenters. The first-order valence-corrected chi connectivity index (χ1v) is 7.13. The van der Waals surface area contributed by atoms with Gasteiger partial charge in [0.25, 0.3) is 5.91 Å². The molecule has 0 aliphatic rings. The molecule has 24 heavy (non-hydrogen) atoms. The number of rotatable bonds is 3. The van der Waals surface area contributed by atoms with Crippen molar-refractivity contribution in [2.45, 2.75) is 6.18 Å². The molecule has 0 radical (unpaired) electrons. The van der Waals surface area contributed by atoms with Gasteiger partial charge in [-0.2, -0.15) is 18.3 Å². The monoisotopic (exact) mass is 376 g/mol. The number of phenols is 1. The third-order valence-corrected chi connectivity index (χ3v) is 3.37. The lowest BCUT2D eigenvalue weighted by Crippen LogP contribution is -2.18. The van der Waals surface area contributed by atoms with Crippen LogP contribution in [0.25, 0.3) is 0 Å². The van der Waals surface area contributed by atoms with Crippen LogP contribution in [0.2, 0.25) is 10.0 Å². The van der Waals surface area contributed by atoms with Gasteiger partial charge in [-0.15, -0.1) is 0 Å². The topological polar surface area (TPSA) is 61.7 Å². The van der Waals surface area contributed by atoms with Crippen molar-refractivity contribution in [1.82, 2.24) is 5.43 Å². The maximum atomic E-state index is 12.6. The number of amides is 1. The Balaban J connectivity index is 2.14. The van der Waals surface area contributed by atoms with Crippen molar-refractivity contribution in [3.8, 4) is 5.75 Å². The van der Waals surface area contributed by atoms with E-state index in [1.807, 2.05) is 0 Å². The Kier molecular flexibility index (Phi) is 5.36. The molecule has 0 unspecified atom stereocenters. The van der Waals surface area contributed by atoms with Crippen LogP contribution in [0.4, 0.5) is 13.2 Å². The van der Waals surface area contributed by atoms with Crippen molar-refractivity contribution in [3.63, 3.8) is 0 Å². The lowest BCUT2D eigenvalue weighted by atomic mass is 10.1. The molecule has 0 saturated carbocycles. The highest BCUT2D eigenvalue weighted by atomic mass is 35.5. The smallest absolute Gasteiger partial charge is 0.416 e. The van der Waals surface area contributed by atoms with Gasteiger partial charge in [-0.1, -0.05) is 35.3 Å². The van der Waals surface area contributed by atoms with Gasteiger partial charge in [0.1, 0.15) is 5.75 Å². The largest absolute Gasteiger partial charge is 0.506 e. The molecule has 4 nitrogen and oxygen atoms in total. The van der Waals surface area contributed by atoms with Crippen LogP contribution in [-0.4, -0.2) is 17.2 Å². The maximum absolute atomic E-state index is 12.6. The molecule has 0 bridgehead atoms. The first-order chi connectivity index (χ1) is 11.2. The van der Waals surface area contributed by atoms with Gasteiger partial charge in [0, 0.05) is 5.02 Å². The van der Waals surface area contributed by atoms with E-state index in [9.17, 15) is 23.1 Å². The fourth-order valence-electron chi connectivity index (χ4n) is 1.76. The van der Waals surface area contributed by atoms with E-state index in [4.69, 9.17) is 23.2 Å². The molecule has 2 aromatic carbocycles. The van der Waals surface area contributed by atoms with Gasteiger partial charge in [0.15, 0.2) is 0 Å². The van der Waals surface area contributed by atoms with Crippen molar-refractivity contribution in [3.05, 3.63) is 63.1 Å². The van der Waals surface area contributed by atoms with Crippen LogP contribution in [0, 0.1) is 0 Å². The number of nitrogens with one attached hydrogen (secondary N) is 1. The van der Waals surface area contributed by atoms with Crippen LogP contribution in [0.15, 0.2) is 41.5 Å². The normalized spacial score (nSPS) is 11.7. The Bertz CT molecular complexity index is 808. The van der Waals surface area contributed by atoms with Crippen molar-refractivity contribution in [2.24, 2.45) is 5.10 Å². The Morgan fingerprint density at radius 1 is 1.21 bits per heavy atom. The van der Waals surface area contributed by atoms with E-state index < -0.39 is 23.4 Å². The molecule has 0 fully saturated rings. The molecule has 126 valence electrons. The zero-order valence-electron chi connectivity index (χ0n) is 11.7. The number of hydrogen-bond acceptors (Lipinski definition) is 3. The minimum atomic E-state index is -4.48. The summed E-state index contributed by atoms with van der Waals surface area (Å²) in [6.45, 7) is 0. The number of alkyl halides is 3. The van der Waals surface area contributed by atoms with Crippen molar-refractivity contribution < 1.29 is 23.1 Å². The number of phenolic OH excluding ortho intramolecular Hbond substituents is 1. The number of aromatic hydroxyl groups is 1. The third kappa shape index (κ3) is 4.39. The average Bonchev–Trinajstić information content (AvgIpc) is 2.50. The summed E-state index contributed by atoms with van der Waals surface area (Å²) in [4.78, 5) is 11.9. The molecule has 0 heterocycles. The predicted octanol–water partition coefficient (Wildman–Crippen LogP) is 4.48. The Labute approximate surface area is 144 Å². The summed E-state index contributed by atoms with van der Waals surface area (Å²) in [7, 11) is 0. The number of nitrogens with zero attached hydrogens (tertiary/aromatic N) is 1. The minimum absolute atomic E-state index is 0.116. The van der Waals surface area contributed by atoms with Gasteiger partial charge < -0.3 is 5.11 Å². The molecule has 0 saturated heterocycles. The molecule has 9 heteroatoms. The number of carbonyl (C=O) groups is 1. The number of benzene rings is 2. The number of hydrazone groups is 1. The Hall–Kier alpha value is -2.25. The van der Waals surface area contributed by atoms with E-state index in [0.717, 1.165) is 18.3 Å². The second kappa shape index (κ2) is 7.11. The van der Waals surface area contributed by atoms with Crippen molar-refractivity contribution in [1.29, 1.82) is 0 Å². The SMILES string of the molecule is O=C(NN=Cc1cccc(C(F)(F)F)c1)c1cc(Cl)cc(Cl)c1O. The molecule has 1 amide bonds. The van der Waals surface area contributed by atoms with E-state index in [2.05, 4.69) is 10.5 Å². The molecule has 0 aliphatic heterocycles. The van der Waals surface area contributed by atoms with Gasteiger partial charge in [0.2, 0.25) is 0 Å². The zero-order valence-corrected chi connectivity index (χ0v) is 13.2. The lowest BCUT2D eigenvalue weighted by molar-refractivity contribution is -0.137. The van der Waals surface area contributed by atoms with Gasteiger partial charge in [-0.25, -0.2) is 5.43 Å². The highest BCUT2D eigenvalue weighted by Gasteiger charge is 2.30. The summed E-state index contributed by atoms with van der Waals surface area (Å²) in [5.41, 5.74) is 1.16. The molecule has 2 rings (SSSR count). The summed E-state index contributed by atoms with van der Waals surface area (Å²) >= 11 is 11.4. The number of carbonyl (C=O) groups excluding carboxylic acids is 1. The van der Waals surface area contributed by atoms with Crippen molar-refractivity contribution in [2.75, 3.05) is 0 Å². The van der Waals surface area contributed by atoms with Crippen LogP contribution in [0.3, 0.4) is 0 Å². The van der Waals surface area contributed by atoms with Gasteiger partial charge in [-0.05, 0) is 29.8 Å². The standard InChI is InChI=1S/C15H9Cl2F3N2O2/c16-10-5-11(13(23)12(17)6-10)14(24)22-21-7-8-2-1-3-9(4-8)15(18,19)20/h1-7,23H,(H,22,24). The van der Waals surface area contributed by atoms with Crippen molar-refractivity contribution >= 4 is 35.3 Å². The van der Waals surface area contributed by atoms with E-state index in [1.165, 1.54) is 24.3 Å². The Morgan fingerprint density at radius 2 is 1.92 bits per heavy atom. The maximum Gasteiger partial charge on any atom is 0.416 e. The summed E-state index contributed by atoms with van der Waals surface area (Å²) < 4.78 is 37.8. The fraction of sp³-hybridized carbons (Fsp3) is 0.0667. The molecule has 2 N–H and O–H groups in total. The van der Waals surface area contributed by atoms with Crippen LogP contribution in [0.1, 0.15) is 21.5 Å². The number of hydrogen-bond donors (Lipinski definition) is 2. The van der Waals surface area contributed by atoms with E-state index in [1.54, 1.807) is 0 Å².